The third-order valence-corrected chi connectivity index (χ3v) is 6.54. The Bertz CT molecular complexity index is 1220. The van der Waals surface area contributed by atoms with Crippen molar-refractivity contribution in [3.63, 3.8) is 0 Å². The van der Waals surface area contributed by atoms with Crippen molar-refractivity contribution < 1.29 is 29.0 Å². The molecule has 1 saturated carbocycles. The van der Waals surface area contributed by atoms with E-state index in [1.165, 1.54) is 17.0 Å². The van der Waals surface area contributed by atoms with E-state index in [1.807, 2.05) is 39.0 Å². The van der Waals surface area contributed by atoms with E-state index in [4.69, 9.17) is 10.5 Å². The third kappa shape index (κ3) is 7.72. The van der Waals surface area contributed by atoms with Gasteiger partial charge >= 0.3 is 6.09 Å². The first-order chi connectivity index (χ1) is 18.2. The normalized spacial score (nSPS) is 17.9. The number of rotatable bonds is 9. The zero-order chi connectivity index (χ0) is 29.1. The monoisotopic (exact) mass is 538 g/mol. The first-order valence-electron chi connectivity index (χ1n) is 12.9. The Labute approximate surface area is 228 Å². The molecule has 1 aliphatic rings. The molecule has 0 aromatic heterocycles. The molecule has 3 rings (SSSR count). The summed E-state index contributed by atoms with van der Waals surface area (Å²) in [7, 11) is 0. The topological polar surface area (TPSA) is 151 Å². The summed E-state index contributed by atoms with van der Waals surface area (Å²) in [5.41, 5.74) is 7.39. The summed E-state index contributed by atoms with van der Waals surface area (Å²) in [6.45, 7) is 10.7. The summed E-state index contributed by atoms with van der Waals surface area (Å²) in [5, 5.41) is 15.3. The molecule has 39 heavy (non-hydrogen) atoms. The first-order valence-corrected chi connectivity index (χ1v) is 12.9. The summed E-state index contributed by atoms with van der Waals surface area (Å²) >= 11 is 0. The Morgan fingerprint density at radius 2 is 1.64 bits per heavy atom. The third-order valence-electron chi connectivity index (χ3n) is 6.54. The lowest BCUT2D eigenvalue weighted by molar-refractivity contribution is -0.142. The SMILES string of the molecule is Cc1cccc(C)c1NC(=O)C(c1ccc(O)cc1)N(C(=O)C(CC(N)=O)NC(=O)OC(C)(C)C)C1CC1C. The maximum atomic E-state index is 14.1. The van der Waals surface area contributed by atoms with E-state index in [-0.39, 0.29) is 17.7 Å². The predicted octanol–water partition coefficient (Wildman–Crippen LogP) is 3.69. The number of phenolic OH excluding ortho intramolecular Hbond substituents is 1. The van der Waals surface area contributed by atoms with Crippen LogP contribution in [0.1, 0.15) is 63.3 Å². The van der Waals surface area contributed by atoms with Crippen LogP contribution in [0.25, 0.3) is 0 Å². The number of nitrogens with two attached hydrogens (primary N) is 1. The molecule has 10 heteroatoms. The molecule has 5 N–H and O–H groups in total. The van der Waals surface area contributed by atoms with Gasteiger partial charge in [0, 0.05) is 11.7 Å². The molecule has 1 aliphatic carbocycles. The molecule has 0 radical (unpaired) electrons. The van der Waals surface area contributed by atoms with Gasteiger partial charge in [-0.3, -0.25) is 14.4 Å². The van der Waals surface area contributed by atoms with Crippen LogP contribution in [0, 0.1) is 19.8 Å². The van der Waals surface area contributed by atoms with Gasteiger partial charge in [0.1, 0.15) is 23.4 Å². The number of alkyl carbamates (subject to hydrolysis) is 1. The van der Waals surface area contributed by atoms with Crippen LogP contribution in [0.15, 0.2) is 42.5 Å². The molecule has 0 saturated heterocycles. The minimum absolute atomic E-state index is 0.00326. The van der Waals surface area contributed by atoms with Crippen LogP contribution in [0.4, 0.5) is 10.5 Å². The maximum absolute atomic E-state index is 14.1. The Balaban J connectivity index is 2.05. The number of ether oxygens (including phenoxy) is 1. The van der Waals surface area contributed by atoms with Gasteiger partial charge in [-0.15, -0.1) is 0 Å². The summed E-state index contributed by atoms with van der Waals surface area (Å²) in [5.74, 6) is -1.82. The van der Waals surface area contributed by atoms with Crippen molar-refractivity contribution in [2.75, 3.05) is 5.32 Å². The number of benzene rings is 2. The lowest BCUT2D eigenvalue weighted by Gasteiger charge is -2.35. The second-order valence-electron chi connectivity index (χ2n) is 11.1. The highest BCUT2D eigenvalue weighted by Gasteiger charge is 2.48. The van der Waals surface area contributed by atoms with Crippen molar-refractivity contribution in [1.82, 2.24) is 10.2 Å². The number of para-hydroxylation sites is 1. The molecule has 2 aromatic rings. The minimum atomic E-state index is -1.35. The van der Waals surface area contributed by atoms with Gasteiger partial charge in [0.05, 0.1) is 6.42 Å². The summed E-state index contributed by atoms with van der Waals surface area (Å²) in [6, 6.07) is 8.85. The van der Waals surface area contributed by atoms with Crippen molar-refractivity contribution >= 4 is 29.5 Å². The average Bonchev–Trinajstić information content (AvgIpc) is 3.54. The van der Waals surface area contributed by atoms with Gasteiger partial charge in [-0.1, -0.05) is 37.3 Å². The van der Waals surface area contributed by atoms with Gasteiger partial charge in [-0.2, -0.15) is 0 Å². The van der Waals surface area contributed by atoms with Crippen molar-refractivity contribution in [1.29, 1.82) is 0 Å². The molecule has 2 aromatic carbocycles. The highest BCUT2D eigenvalue weighted by Crippen LogP contribution is 2.41. The largest absolute Gasteiger partial charge is 0.508 e. The van der Waals surface area contributed by atoms with Crippen LogP contribution in [0.3, 0.4) is 0 Å². The number of nitrogens with zero attached hydrogens (tertiary/aromatic N) is 1. The Morgan fingerprint density at radius 3 is 2.13 bits per heavy atom. The van der Waals surface area contributed by atoms with Gasteiger partial charge in [0.25, 0.3) is 5.91 Å². The Morgan fingerprint density at radius 1 is 1.08 bits per heavy atom. The molecule has 0 aliphatic heterocycles. The number of phenols is 1. The van der Waals surface area contributed by atoms with Crippen LogP contribution in [0.5, 0.6) is 5.75 Å². The highest BCUT2D eigenvalue weighted by molar-refractivity contribution is 6.00. The highest BCUT2D eigenvalue weighted by atomic mass is 16.6. The molecular formula is C29H38N4O6. The number of anilines is 1. The lowest BCUT2D eigenvalue weighted by atomic mass is 10.0. The van der Waals surface area contributed by atoms with E-state index in [0.717, 1.165) is 11.1 Å². The van der Waals surface area contributed by atoms with Crippen LogP contribution in [0.2, 0.25) is 0 Å². The van der Waals surface area contributed by atoms with Crippen LogP contribution in [-0.4, -0.2) is 51.5 Å². The minimum Gasteiger partial charge on any atom is -0.508 e. The van der Waals surface area contributed by atoms with Gasteiger partial charge in [0.15, 0.2) is 0 Å². The molecule has 4 atom stereocenters. The number of carbonyl (C=O) groups excluding carboxylic acids is 4. The molecule has 4 amide bonds. The predicted molar refractivity (Wildman–Crippen MR) is 147 cm³/mol. The number of amides is 4. The van der Waals surface area contributed by atoms with Crippen molar-refractivity contribution in [3.8, 4) is 5.75 Å². The molecule has 0 spiro atoms. The van der Waals surface area contributed by atoms with Gasteiger partial charge in [-0.25, -0.2) is 4.79 Å². The molecule has 210 valence electrons. The molecule has 10 nitrogen and oxygen atoms in total. The number of hydrogen-bond acceptors (Lipinski definition) is 6. The standard InChI is InChI=1S/C29H38N4O6/c1-16-8-7-9-17(2)24(16)32-26(36)25(19-10-12-20(34)13-11-19)33(22-14-18(22)3)27(37)21(15-23(30)35)31-28(38)39-29(4,5)6/h7-13,18,21-22,25,34H,14-15H2,1-6H3,(H2,30,35)(H,31,38)(H,32,36). The van der Waals surface area contributed by atoms with Crippen molar-refractivity contribution in [2.24, 2.45) is 11.7 Å². The zero-order valence-corrected chi connectivity index (χ0v) is 23.3. The van der Waals surface area contributed by atoms with E-state index in [1.54, 1.807) is 32.9 Å². The second kappa shape index (κ2) is 11.8. The summed E-state index contributed by atoms with van der Waals surface area (Å²) in [6.07, 6.45) is -0.726. The van der Waals surface area contributed by atoms with Gasteiger partial charge < -0.3 is 31.1 Å². The van der Waals surface area contributed by atoms with Crippen molar-refractivity contribution in [2.45, 2.75) is 78.1 Å². The Kier molecular flexibility index (Phi) is 8.88. The van der Waals surface area contributed by atoms with E-state index < -0.39 is 47.9 Å². The Hall–Kier alpha value is -4.08. The van der Waals surface area contributed by atoms with Crippen LogP contribution < -0.4 is 16.4 Å². The average molecular weight is 539 g/mol. The number of primary amides is 1. The number of aryl methyl sites for hydroxylation is 2. The maximum Gasteiger partial charge on any atom is 0.408 e. The lowest BCUT2D eigenvalue weighted by Crippen LogP contribution is -2.54. The molecule has 0 heterocycles. The van der Waals surface area contributed by atoms with Gasteiger partial charge in [0.2, 0.25) is 11.8 Å². The van der Waals surface area contributed by atoms with E-state index in [0.29, 0.717) is 17.7 Å². The number of nitrogens with one attached hydrogen (secondary N) is 2. The molecule has 4 unspecified atom stereocenters. The second-order valence-corrected chi connectivity index (χ2v) is 11.1. The van der Waals surface area contributed by atoms with E-state index in [9.17, 15) is 24.3 Å². The quantitative estimate of drug-likeness (QED) is 0.382. The summed E-state index contributed by atoms with van der Waals surface area (Å²) in [4.78, 5) is 54.0. The number of carbonyl (C=O) groups is 4. The molecule has 0 bridgehead atoms. The molecular weight excluding hydrogens is 500 g/mol. The van der Waals surface area contributed by atoms with Crippen LogP contribution >= 0.6 is 0 Å². The molecule has 1 fully saturated rings. The number of aromatic hydroxyl groups is 1. The number of hydrogen-bond donors (Lipinski definition) is 4. The van der Waals surface area contributed by atoms with E-state index >= 15 is 0 Å². The fourth-order valence-corrected chi connectivity index (χ4v) is 4.50. The fraction of sp³-hybridized carbons (Fsp3) is 0.448. The smallest absolute Gasteiger partial charge is 0.408 e. The first kappa shape index (κ1) is 29.5. The fourth-order valence-electron chi connectivity index (χ4n) is 4.50. The van der Waals surface area contributed by atoms with Gasteiger partial charge in [-0.05, 0) is 75.8 Å². The zero-order valence-electron chi connectivity index (χ0n) is 23.3. The van der Waals surface area contributed by atoms with Crippen molar-refractivity contribution in [3.05, 3.63) is 59.2 Å². The summed E-state index contributed by atoms with van der Waals surface area (Å²) < 4.78 is 5.31. The van der Waals surface area contributed by atoms with Crippen LogP contribution in [-0.2, 0) is 19.1 Å². The van der Waals surface area contributed by atoms with E-state index in [2.05, 4.69) is 10.6 Å².